The van der Waals surface area contributed by atoms with Crippen LogP contribution in [0, 0.1) is 6.92 Å². The Labute approximate surface area is 156 Å². The monoisotopic (exact) mass is 371 g/mol. The maximum absolute atomic E-state index is 12.5. The molecule has 0 aliphatic rings. The van der Waals surface area contributed by atoms with E-state index in [9.17, 15) is 9.59 Å². The molecule has 1 aromatic carbocycles. The van der Waals surface area contributed by atoms with Crippen LogP contribution >= 0.6 is 0 Å². The summed E-state index contributed by atoms with van der Waals surface area (Å²) >= 11 is 0. The van der Waals surface area contributed by atoms with Gasteiger partial charge in [-0.1, -0.05) is 29.8 Å². The van der Waals surface area contributed by atoms with Gasteiger partial charge < -0.3 is 10.1 Å². The number of hydrogen-bond acceptors (Lipinski definition) is 5. The van der Waals surface area contributed by atoms with Crippen LogP contribution in [-0.2, 0) is 18.3 Å². The Morgan fingerprint density at radius 1 is 1.30 bits per heavy atom. The Balaban J connectivity index is 2.01. The van der Waals surface area contributed by atoms with E-state index in [0.717, 1.165) is 17.5 Å². The lowest BCUT2D eigenvalue weighted by atomic mass is 10.1. The fourth-order valence-corrected chi connectivity index (χ4v) is 3.04. The number of aromatic amines is 1. The molecule has 0 spiro atoms. The van der Waals surface area contributed by atoms with Crippen molar-refractivity contribution in [1.29, 1.82) is 0 Å². The number of H-pyrrole nitrogens is 1. The van der Waals surface area contributed by atoms with E-state index in [2.05, 4.69) is 21.4 Å². The van der Waals surface area contributed by atoms with Gasteiger partial charge in [-0.3, -0.25) is 18.9 Å². The van der Waals surface area contributed by atoms with Gasteiger partial charge in [0.05, 0.1) is 6.54 Å². The van der Waals surface area contributed by atoms with Gasteiger partial charge in [0.1, 0.15) is 0 Å². The standard InChI is InChI=1S/C19H25N5O3/c1-4-27-10-6-9-20-18-21-16-15(17(25)22-19(26)23(16)3)24(18)12-14-8-5-7-13(2)11-14/h5,7-8,11H,4,6,9-10,12H2,1-3H3,(H,20,21)(H,22,25,26). The fraction of sp³-hybridized carbons (Fsp3) is 0.421. The molecule has 0 radical (unpaired) electrons. The Morgan fingerprint density at radius 3 is 2.85 bits per heavy atom. The van der Waals surface area contributed by atoms with Gasteiger partial charge in [-0.25, -0.2) is 4.79 Å². The lowest BCUT2D eigenvalue weighted by Gasteiger charge is -2.11. The second-order valence-electron chi connectivity index (χ2n) is 6.48. The van der Waals surface area contributed by atoms with Crippen molar-refractivity contribution < 1.29 is 4.74 Å². The second-order valence-corrected chi connectivity index (χ2v) is 6.48. The van der Waals surface area contributed by atoms with Crippen molar-refractivity contribution in [1.82, 2.24) is 19.1 Å². The predicted molar refractivity (Wildman–Crippen MR) is 105 cm³/mol. The van der Waals surface area contributed by atoms with Crippen molar-refractivity contribution in [2.75, 3.05) is 25.1 Å². The third-order valence-corrected chi connectivity index (χ3v) is 4.38. The molecular formula is C19H25N5O3. The van der Waals surface area contributed by atoms with E-state index in [1.807, 2.05) is 36.6 Å². The summed E-state index contributed by atoms with van der Waals surface area (Å²) in [5.41, 5.74) is 2.03. The van der Waals surface area contributed by atoms with Crippen LogP contribution in [0.4, 0.5) is 5.95 Å². The first-order chi connectivity index (χ1) is 13.0. The van der Waals surface area contributed by atoms with Gasteiger partial charge in [0, 0.05) is 26.8 Å². The molecule has 0 atom stereocenters. The van der Waals surface area contributed by atoms with Gasteiger partial charge in [-0.15, -0.1) is 0 Å². The summed E-state index contributed by atoms with van der Waals surface area (Å²) in [4.78, 5) is 31.3. The van der Waals surface area contributed by atoms with Crippen molar-refractivity contribution in [2.24, 2.45) is 7.05 Å². The molecule has 0 bridgehead atoms. The number of benzene rings is 1. The van der Waals surface area contributed by atoms with Crippen LogP contribution in [0.1, 0.15) is 24.5 Å². The largest absolute Gasteiger partial charge is 0.382 e. The van der Waals surface area contributed by atoms with Crippen LogP contribution in [0.25, 0.3) is 11.2 Å². The van der Waals surface area contributed by atoms with Crippen LogP contribution in [0.15, 0.2) is 33.9 Å². The minimum atomic E-state index is -0.476. The van der Waals surface area contributed by atoms with Gasteiger partial charge in [-0.2, -0.15) is 4.98 Å². The summed E-state index contributed by atoms with van der Waals surface area (Å²) in [5, 5.41) is 3.27. The van der Waals surface area contributed by atoms with Crippen molar-refractivity contribution in [3.8, 4) is 0 Å². The Hall–Kier alpha value is -2.87. The summed E-state index contributed by atoms with van der Waals surface area (Å²) in [6.45, 7) is 6.46. The molecule has 144 valence electrons. The molecule has 0 unspecified atom stereocenters. The third kappa shape index (κ3) is 4.11. The van der Waals surface area contributed by atoms with Crippen molar-refractivity contribution >= 4 is 17.1 Å². The average Bonchev–Trinajstić information content (AvgIpc) is 2.99. The highest BCUT2D eigenvalue weighted by Crippen LogP contribution is 2.18. The minimum Gasteiger partial charge on any atom is -0.382 e. The van der Waals surface area contributed by atoms with E-state index in [1.165, 1.54) is 4.57 Å². The minimum absolute atomic E-state index is 0.365. The van der Waals surface area contributed by atoms with E-state index in [0.29, 0.717) is 43.4 Å². The zero-order valence-electron chi connectivity index (χ0n) is 15.9. The van der Waals surface area contributed by atoms with E-state index >= 15 is 0 Å². The summed E-state index contributed by atoms with van der Waals surface area (Å²) in [5.74, 6) is 0.565. The molecule has 2 aromatic heterocycles. The fourth-order valence-electron chi connectivity index (χ4n) is 3.04. The summed E-state index contributed by atoms with van der Waals surface area (Å²) in [7, 11) is 1.60. The number of rotatable bonds is 8. The number of imidazole rings is 1. The number of anilines is 1. The maximum Gasteiger partial charge on any atom is 0.329 e. The molecular weight excluding hydrogens is 346 g/mol. The highest BCUT2D eigenvalue weighted by molar-refractivity contribution is 5.74. The van der Waals surface area contributed by atoms with Crippen LogP contribution in [0.5, 0.6) is 0 Å². The molecule has 0 fully saturated rings. The average molecular weight is 371 g/mol. The topological polar surface area (TPSA) is 93.9 Å². The quantitative estimate of drug-likeness (QED) is 0.587. The lowest BCUT2D eigenvalue weighted by molar-refractivity contribution is 0.147. The van der Waals surface area contributed by atoms with Crippen LogP contribution < -0.4 is 16.6 Å². The molecule has 0 saturated heterocycles. The molecule has 0 aliphatic carbocycles. The highest BCUT2D eigenvalue weighted by atomic mass is 16.5. The molecule has 0 aliphatic heterocycles. The molecule has 0 amide bonds. The molecule has 2 heterocycles. The van der Waals surface area contributed by atoms with Crippen molar-refractivity contribution in [2.45, 2.75) is 26.8 Å². The van der Waals surface area contributed by atoms with E-state index in [-0.39, 0.29) is 0 Å². The number of nitrogens with zero attached hydrogens (tertiary/aromatic N) is 3. The Kier molecular flexibility index (Phi) is 5.75. The normalized spacial score (nSPS) is 11.2. The molecule has 2 N–H and O–H groups in total. The third-order valence-electron chi connectivity index (χ3n) is 4.38. The highest BCUT2D eigenvalue weighted by Gasteiger charge is 2.17. The molecule has 27 heavy (non-hydrogen) atoms. The number of fused-ring (bicyclic) bond motifs is 1. The second kappa shape index (κ2) is 8.22. The van der Waals surface area contributed by atoms with Crippen LogP contribution in [0.3, 0.4) is 0 Å². The summed E-state index contributed by atoms with van der Waals surface area (Å²) in [6, 6.07) is 8.09. The Morgan fingerprint density at radius 2 is 2.11 bits per heavy atom. The first-order valence-corrected chi connectivity index (χ1v) is 9.08. The zero-order chi connectivity index (χ0) is 19.4. The number of ether oxygens (including phenoxy) is 1. The van der Waals surface area contributed by atoms with E-state index < -0.39 is 11.2 Å². The van der Waals surface area contributed by atoms with Gasteiger partial charge in [0.2, 0.25) is 5.95 Å². The van der Waals surface area contributed by atoms with Gasteiger partial charge in [0.15, 0.2) is 11.2 Å². The van der Waals surface area contributed by atoms with Crippen LogP contribution in [-0.4, -0.2) is 38.9 Å². The first kappa shape index (κ1) is 18.9. The van der Waals surface area contributed by atoms with Gasteiger partial charge in [-0.05, 0) is 25.8 Å². The smallest absolute Gasteiger partial charge is 0.329 e. The SMILES string of the molecule is CCOCCCNc1nc2c(c(=O)[nH]c(=O)n2C)n1Cc1cccc(C)c1. The van der Waals surface area contributed by atoms with Crippen molar-refractivity contribution in [3.63, 3.8) is 0 Å². The molecule has 8 nitrogen and oxygen atoms in total. The van der Waals surface area contributed by atoms with Crippen molar-refractivity contribution in [3.05, 3.63) is 56.2 Å². The predicted octanol–water partition coefficient (Wildman–Crippen LogP) is 1.62. The van der Waals surface area contributed by atoms with E-state index in [4.69, 9.17) is 4.74 Å². The molecule has 3 rings (SSSR count). The summed E-state index contributed by atoms with van der Waals surface area (Å²) < 4.78 is 8.53. The van der Waals surface area contributed by atoms with E-state index in [1.54, 1.807) is 7.05 Å². The lowest BCUT2D eigenvalue weighted by Crippen LogP contribution is -2.29. The Bertz CT molecular complexity index is 1050. The number of hydrogen-bond donors (Lipinski definition) is 2. The number of nitrogens with one attached hydrogen (secondary N) is 2. The maximum atomic E-state index is 12.5. The number of aryl methyl sites for hydroxylation is 2. The van der Waals surface area contributed by atoms with Gasteiger partial charge >= 0.3 is 5.69 Å². The summed E-state index contributed by atoms with van der Waals surface area (Å²) in [6.07, 6.45) is 0.816. The first-order valence-electron chi connectivity index (χ1n) is 9.08. The van der Waals surface area contributed by atoms with Gasteiger partial charge in [0.25, 0.3) is 5.56 Å². The van der Waals surface area contributed by atoms with Crippen LogP contribution in [0.2, 0.25) is 0 Å². The zero-order valence-corrected chi connectivity index (χ0v) is 15.9. The molecule has 3 aromatic rings. The molecule has 8 heteroatoms. The molecule has 0 saturated carbocycles. The number of aromatic nitrogens is 4.